The van der Waals surface area contributed by atoms with E-state index in [0.29, 0.717) is 25.7 Å². The Balaban J connectivity index is 4.49. The summed E-state index contributed by atoms with van der Waals surface area (Å²) >= 11 is 0. The van der Waals surface area contributed by atoms with Gasteiger partial charge in [0.05, 0.1) is 0 Å². The maximum absolute atomic E-state index is 12.7. The highest BCUT2D eigenvalue weighted by atomic mass is 16.6. The van der Waals surface area contributed by atoms with E-state index in [9.17, 15) is 14.4 Å². The third kappa shape index (κ3) is 43.8. The lowest BCUT2D eigenvalue weighted by atomic mass is 10.1. The van der Waals surface area contributed by atoms with Crippen LogP contribution < -0.4 is 0 Å². The molecular formula is C51H86O6. The second-order valence-corrected chi connectivity index (χ2v) is 15.3. The van der Waals surface area contributed by atoms with Crippen LogP contribution >= 0.6 is 0 Å². The molecule has 6 heteroatoms. The predicted molar refractivity (Wildman–Crippen MR) is 242 cm³/mol. The standard InChI is InChI=1S/C51H86O6/c1-4-7-10-13-16-19-21-23-24-25-26-28-29-32-35-38-41-44-50(53)56-47-48(46-55-49(52)43-40-37-34-31-18-15-12-9-6-3)57-51(54)45-42-39-36-33-30-27-22-20-17-14-11-8-5-2/h16,19,23-24,26-28,30-32,34-35,48H,4-15,17-18,20-22,25,29,33,36-47H2,1-3H3/b19-16-,24-23-,28-26-,30-27-,34-31-,35-32-. The Morgan fingerprint density at radius 1 is 0.351 bits per heavy atom. The molecule has 0 fully saturated rings. The Bertz CT molecular complexity index is 1100. The number of carbonyl (C=O) groups excluding carboxylic acids is 3. The van der Waals surface area contributed by atoms with Gasteiger partial charge in [-0.05, 0) is 103 Å². The van der Waals surface area contributed by atoms with Crippen LogP contribution in [0.3, 0.4) is 0 Å². The van der Waals surface area contributed by atoms with Gasteiger partial charge in [0.15, 0.2) is 6.10 Å². The van der Waals surface area contributed by atoms with Crippen LogP contribution in [0.1, 0.15) is 213 Å². The second kappa shape index (κ2) is 45.6. The van der Waals surface area contributed by atoms with E-state index >= 15 is 0 Å². The fourth-order valence-electron chi connectivity index (χ4n) is 6.08. The van der Waals surface area contributed by atoms with Crippen LogP contribution in [0.25, 0.3) is 0 Å². The van der Waals surface area contributed by atoms with Crippen LogP contribution in [-0.2, 0) is 28.6 Å². The van der Waals surface area contributed by atoms with Crippen molar-refractivity contribution in [1.29, 1.82) is 0 Å². The first-order valence-electron chi connectivity index (χ1n) is 23.4. The van der Waals surface area contributed by atoms with E-state index in [1.54, 1.807) is 0 Å². The molecule has 1 atom stereocenters. The first-order chi connectivity index (χ1) is 28.0. The molecule has 0 N–H and O–H groups in total. The average molecular weight is 795 g/mol. The normalized spacial score (nSPS) is 12.7. The van der Waals surface area contributed by atoms with Crippen molar-refractivity contribution in [1.82, 2.24) is 0 Å². The summed E-state index contributed by atoms with van der Waals surface area (Å²) in [6.45, 7) is 6.46. The van der Waals surface area contributed by atoms with E-state index in [1.807, 2.05) is 0 Å². The first kappa shape index (κ1) is 53.9. The van der Waals surface area contributed by atoms with Crippen LogP contribution in [0.15, 0.2) is 72.9 Å². The van der Waals surface area contributed by atoms with E-state index in [0.717, 1.165) is 70.6 Å². The summed E-state index contributed by atoms with van der Waals surface area (Å²) in [5.41, 5.74) is 0. The highest BCUT2D eigenvalue weighted by Crippen LogP contribution is 2.11. The third-order valence-corrected chi connectivity index (χ3v) is 9.65. The molecule has 0 aromatic heterocycles. The molecule has 0 spiro atoms. The Morgan fingerprint density at radius 3 is 1.11 bits per heavy atom. The monoisotopic (exact) mass is 795 g/mol. The van der Waals surface area contributed by atoms with Crippen molar-refractivity contribution in [2.75, 3.05) is 13.2 Å². The second-order valence-electron chi connectivity index (χ2n) is 15.3. The third-order valence-electron chi connectivity index (χ3n) is 9.65. The van der Waals surface area contributed by atoms with Gasteiger partial charge in [-0.1, -0.05) is 164 Å². The number of unbranched alkanes of at least 4 members (excludes halogenated alkanes) is 18. The molecule has 6 nitrogen and oxygen atoms in total. The molecule has 0 aliphatic heterocycles. The minimum absolute atomic E-state index is 0.114. The quantitative estimate of drug-likeness (QED) is 0.0265. The predicted octanol–water partition coefficient (Wildman–Crippen LogP) is 15.1. The molecular weight excluding hydrogens is 709 g/mol. The van der Waals surface area contributed by atoms with E-state index in [2.05, 4.69) is 93.7 Å². The number of hydrogen-bond acceptors (Lipinski definition) is 6. The van der Waals surface area contributed by atoms with Gasteiger partial charge in [-0.3, -0.25) is 14.4 Å². The van der Waals surface area contributed by atoms with Crippen LogP contribution in [0.4, 0.5) is 0 Å². The maximum atomic E-state index is 12.7. The van der Waals surface area contributed by atoms with Crippen molar-refractivity contribution in [3.8, 4) is 0 Å². The summed E-state index contributed by atoms with van der Waals surface area (Å²) < 4.78 is 16.6. The highest BCUT2D eigenvalue weighted by Gasteiger charge is 2.19. The van der Waals surface area contributed by atoms with Gasteiger partial charge in [-0.15, -0.1) is 0 Å². The summed E-state index contributed by atoms with van der Waals surface area (Å²) in [7, 11) is 0. The molecule has 0 bridgehead atoms. The van der Waals surface area contributed by atoms with Crippen molar-refractivity contribution >= 4 is 17.9 Å². The molecule has 0 aliphatic carbocycles. The number of ether oxygens (including phenoxy) is 3. The van der Waals surface area contributed by atoms with E-state index in [1.165, 1.54) is 89.9 Å². The molecule has 0 saturated heterocycles. The molecule has 0 saturated carbocycles. The molecule has 0 amide bonds. The molecule has 326 valence electrons. The van der Waals surface area contributed by atoms with E-state index < -0.39 is 6.10 Å². The summed E-state index contributed by atoms with van der Waals surface area (Å²) in [6, 6.07) is 0. The lowest BCUT2D eigenvalue weighted by Crippen LogP contribution is -2.30. The van der Waals surface area contributed by atoms with Crippen LogP contribution in [-0.4, -0.2) is 37.2 Å². The maximum Gasteiger partial charge on any atom is 0.306 e. The lowest BCUT2D eigenvalue weighted by Gasteiger charge is -2.18. The zero-order valence-corrected chi connectivity index (χ0v) is 37.1. The van der Waals surface area contributed by atoms with Crippen molar-refractivity contribution in [3.05, 3.63) is 72.9 Å². The smallest absolute Gasteiger partial charge is 0.306 e. The van der Waals surface area contributed by atoms with Gasteiger partial charge in [0, 0.05) is 19.3 Å². The Morgan fingerprint density at radius 2 is 0.649 bits per heavy atom. The van der Waals surface area contributed by atoms with Gasteiger partial charge < -0.3 is 14.2 Å². The van der Waals surface area contributed by atoms with Crippen LogP contribution in [0.5, 0.6) is 0 Å². The van der Waals surface area contributed by atoms with Crippen LogP contribution in [0.2, 0.25) is 0 Å². The Kier molecular flexibility index (Phi) is 43.0. The van der Waals surface area contributed by atoms with Crippen molar-refractivity contribution in [3.63, 3.8) is 0 Å². The number of hydrogen-bond donors (Lipinski definition) is 0. The van der Waals surface area contributed by atoms with Gasteiger partial charge in [-0.2, -0.15) is 0 Å². The van der Waals surface area contributed by atoms with Gasteiger partial charge in [0.2, 0.25) is 0 Å². The fraction of sp³-hybridized carbons (Fsp3) is 0.706. The molecule has 57 heavy (non-hydrogen) atoms. The molecule has 0 heterocycles. The molecule has 0 aromatic rings. The van der Waals surface area contributed by atoms with Gasteiger partial charge in [-0.25, -0.2) is 0 Å². The Hall–Kier alpha value is -3.15. The molecule has 0 radical (unpaired) electrons. The number of esters is 3. The zero-order valence-electron chi connectivity index (χ0n) is 37.1. The minimum atomic E-state index is -0.813. The largest absolute Gasteiger partial charge is 0.462 e. The molecule has 0 aromatic carbocycles. The SMILES string of the molecule is CCCCC/C=C\C/C=C\C/C=C\C/C=C\CCCC(=O)OCC(COC(=O)CCC/C=C\CCCCCC)OC(=O)CCCCC/C=C\CCCCCCCC. The van der Waals surface area contributed by atoms with Crippen LogP contribution in [0, 0.1) is 0 Å². The van der Waals surface area contributed by atoms with E-state index in [4.69, 9.17) is 14.2 Å². The van der Waals surface area contributed by atoms with Gasteiger partial charge in [0.1, 0.15) is 13.2 Å². The molecule has 0 rings (SSSR count). The summed E-state index contributed by atoms with van der Waals surface area (Å²) in [5, 5.41) is 0. The molecule has 0 aliphatic rings. The summed E-state index contributed by atoms with van der Waals surface area (Å²) in [6.07, 6.45) is 56.1. The van der Waals surface area contributed by atoms with Crippen molar-refractivity contribution in [2.24, 2.45) is 0 Å². The van der Waals surface area contributed by atoms with Crippen molar-refractivity contribution < 1.29 is 28.6 Å². The first-order valence-corrected chi connectivity index (χ1v) is 23.4. The van der Waals surface area contributed by atoms with Gasteiger partial charge >= 0.3 is 17.9 Å². The fourth-order valence-corrected chi connectivity index (χ4v) is 6.08. The average Bonchev–Trinajstić information content (AvgIpc) is 3.21. The van der Waals surface area contributed by atoms with Gasteiger partial charge in [0.25, 0.3) is 0 Å². The molecule has 1 unspecified atom stereocenters. The van der Waals surface area contributed by atoms with E-state index in [-0.39, 0.29) is 37.5 Å². The number of rotatable bonds is 41. The Labute approximate surface area is 351 Å². The zero-order chi connectivity index (χ0) is 41.5. The number of allylic oxidation sites excluding steroid dienone is 12. The topological polar surface area (TPSA) is 78.9 Å². The van der Waals surface area contributed by atoms with Crippen molar-refractivity contribution in [2.45, 2.75) is 219 Å². The summed E-state index contributed by atoms with van der Waals surface area (Å²) in [4.78, 5) is 37.7. The highest BCUT2D eigenvalue weighted by molar-refractivity contribution is 5.71. The minimum Gasteiger partial charge on any atom is -0.462 e. The summed E-state index contributed by atoms with van der Waals surface area (Å²) in [5.74, 6) is -1.03. The lowest BCUT2D eigenvalue weighted by molar-refractivity contribution is -0.167. The number of carbonyl (C=O) groups is 3.